The number of halogens is 1. The zero-order valence-corrected chi connectivity index (χ0v) is 20.8. The average molecular weight is 477 g/mol. The minimum Gasteiger partial charge on any atom is -0.352 e. The van der Waals surface area contributed by atoms with Gasteiger partial charge in [0.15, 0.2) is 0 Å². The number of nitrogens with one attached hydrogen (secondary N) is 1. The van der Waals surface area contributed by atoms with Crippen LogP contribution >= 0.6 is 11.6 Å². The maximum absolute atomic E-state index is 13.9. The van der Waals surface area contributed by atoms with Crippen molar-refractivity contribution >= 4 is 23.4 Å². The fraction of sp³-hybridized carbons (Fsp3) is 0.310. The molecule has 0 aromatic heterocycles. The molecule has 0 fully saturated rings. The summed E-state index contributed by atoms with van der Waals surface area (Å²) in [5, 5.41) is 3.63. The van der Waals surface area contributed by atoms with Crippen molar-refractivity contribution in [1.82, 2.24) is 10.2 Å². The Morgan fingerprint density at radius 2 is 1.38 bits per heavy atom. The molecular formula is C29H33ClN2O2. The summed E-state index contributed by atoms with van der Waals surface area (Å²) in [6.07, 6.45) is 0.798. The molecule has 2 amide bonds. The van der Waals surface area contributed by atoms with E-state index in [0.717, 1.165) is 16.7 Å². The maximum Gasteiger partial charge on any atom is 0.243 e. The van der Waals surface area contributed by atoms with E-state index in [2.05, 4.69) is 29.6 Å². The summed E-state index contributed by atoms with van der Waals surface area (Å²) in [5.74, 6) is -0.289. The van der Waals surface area contributed by atoms with Crippen molar-refractivity contribution in [3.63, 3.8) is 0 Å². The number of nitrogens with zero attached hydrogens (tertiary/aromatic N) is 1. The Hall–Kier alpha value is -3.11. The Morgan fingerprint density at radius 1 is 0.853 bits per heavy atom. The standard InChI is InChI=1S/C29H33ClN2O2/c1-4-27(29(34)31-21(2)3)32(20-22-15-17-25(30)18-16-22)28(33)19-26(23-11-7-5-8-12-23)24-13-9-6-10-14-24/h5-18,21,26-27H,4,19-20H2,1-3H3,(H,31,34)/t27-/m1/s1. The van der Waals surface area contributed by atoms with Crippen LogP contribution in [0.4, 0.5) is 0 Å². The van der Waals surface area contributed by atoms with E-state index < -0.39 is 6.04 Å². The van der Waals surface area contributed by atoms with Gasteiger partial charge in [-0.2, -0.15) is 0 Å². The van der Waals surface area contributed by atoms with Gasteiger partial charge >= 0.3 is 0 Å². The molecule has 3 aromatic rings. The van der Waals surface area contributed by atoms with Gasteiger partial charge in [-0.05, 0) is 49.1 Å². The number of hydrogen-bond donors (Lipinski definition) is 1. The zero-order valence-electron chi connectivity index (χ0n) is 20.1. The van der Waals surface area contributed by atoms with Gasteiger partial charge in [-0.15, -0.1) is 0 Å². The number of benzene rings is 3. The van der Waals surface area contributed by atoms with Gasteiger partial charge in [0, 0.05) is 29.9 Å². The SMILES string of the molecule is CC[C@H](C(=O)NC(C)C)N(Cc1ccc(Cl)cc1)C(=O)CC(c1ccccc1)c1ccccc1. The van der Waals surface area contributed by atoms with Crippen molar-refractivity contribution in [2.24, 2.45) is 0 Å². The van der Waals surface area contributed by atoms with Crippen molar-refractivity contribution in [2.75, 3.05) is 0 Å². The summed E-state index contributed by atoms with van der Waals surface area (Å²) in [6.45, 7) is 6.14. The lowest BCUT2D eigenvalue weighted by atomic mass is 9.88. The van der Waals surface area contributed by atoms with E-state index >= 15 is 0 Å². The highest BCUT2D eigenvalue weighted by atomic mass is 35.5. The molecule has 0 saturated heterocycles. The fourth-order valence-electron chi connectivity index (χ4n) is 4.18. The predicted octanol–water partition coefficient (Wildman–Crippen LogP) is 6.19. The van der Waals surface area contributed by atoms with Crippen LogP contribution in [0.25, 0.3) is 0 Å². The number of hydrogen-bond acceptors (Lipinski definition) is 2. The van der Waals surface area contributed by atoms with Crippen molar-refractivity contribution in [1.29, 1.82) is 0 Å². The first kappa shape index (κ1) is 25.5. The van der Waals surface area contributed by atoms with Gasteiger partial charge in [-0.3, -0.25) is 9.59 Å². The van der Waals surface area contributed by atoms with Crippen LogP contribution in [0, 0.1) is 0 Å². The highest BCUT2D eigenvalue weighted by Crippen LogP contribution is 2.29. The first-order valence-corrected chi connectivity index (χ1v) is 12.2. The molecule has 1 N–H and O–H groups in total. The number of amides is 2. The lowest BCUT2D eigenvalue weighted by Gasteiger charge is -2.32. The Kier molecular flexibility index (Phi) is 9.29. The third kappa shape index (κ3) is 6.94. The largest absolute Gasteiger partial charge is 0.352 e. The minimum absolute atomic E-state index is 0.00424. The molecule has 0 unspecified atom stereocenters. The number of rotatable bonds is 10. The van der Waals surface area contributed by atoms with Crippen LogP contribution in [0.3, 0.4) is 0 Å². The van der Waals surface area contributed by atoms with Gasteiger partial charge in [-0.1, -0.05) is 91.3 Å². The van der Waals surface area contributed by atoms with E-state index in [9.17, 15) is 9.59 Å². The molecule has 3 aromatic carbocycles. The number of carbonyl (C=O) groups is 2. The summed E-state index contributed by atoms with van der Waals surface area (Å²) >= 11 is 6.07. The summed E-state index contributed by atoms with van der Waals surface area (Å²) < 4.78 is 0. The monoisotopic (exact) mass is 476 g/mol. The third-order valence-electron chi connectivity index (χ3n) is 5.87. The smallest absolute Gasteiger partial charge is 0.243 e. The van der Waals surface area contributed by atoms with E-state index in [1.165, 1.54) is 0 Å². The van der Waals surface area contributed by atoms with Gasteiger partial charge < -0.3 is 10.2 Å². The molecular weight excluding hydrogens is 444 g/mol. The average Bonchev–Trinajstić information content (AvgIpc) is 2.84. The Labute approximate surface area is 207 Å². The van der Waals surface area contributed by atoms with E-state index in [-0.39, 0.29) is 30.2 Å². The van der Waals surface area contributed by atoms with E-state index in [1.807, 2.05) is 81.4 Å². The van der Waals surface area contributed by atoms with Crippen LogP contribution in [-0.4, -0.2) is 28.8 Å². The summed E-state index contributed by atoms with van der Waals surface area (Å²) in [5.41, 5.74) is 3.09. The molecule has 0 bridgehead atoms. The molecule has 0 aliphatic heterocycles. The van der Waals surface area contributed by atoms with Crippen LogP contribution in [0.2, 0.25) is 5.02 Å². The highest BCUT2D eigenvalue weighted by molar-refractivity contribution is 6.30. The Bertz CT molecular complexity index is 1010. The molecule has 0 saturated carbocycles. The summed E-state index contributed by atoms with van der Waals surface area (Å²) in [4.78, 5) is 28.7. The predicted molar refractivity (Wildman–Crippen MR) is 139 cm³/mol. The molecule has 34 heavy (non-hydrogen) atoms. The summed E-state index contributed by atoms with van der Waals surface area (Å²) in [7, 11) is 0. The molecule has 5 heteroatoms. The topological polar surface area (TPSA) is 49.4 Å². The molecule has 0 spiro atoms. The van der Waals surface area contributed by atoms with Crippen LogP contribution in [-0.2, 0) is 16.1 Å². The van der Waals surface area contributed by atoms with E-state index in [1.54, 1.807) is 4.90 Å². The Balaban J connectivity index is 1.94. The second-order valence-electron chi connectivity index (χ2n) is 8.81. The van der Waals surface area contributed by atoms with Crippen molar-refractivity contribution < 1.29 is 9.59 Å². The van der Waals surface area contributed by atoms with Gasteiger partial charge in [-0.25, -0.2) is 0 Å². The van der Waals surface area contributed by atoms with Gasteiger partial charge in [0.05, 0.1) is 0 Å². The molecule has 178 valence electrons. The second kappa shape index (κ2) is 12.4. The van der Waals surface area contributed by atoms with Gasteiger partial charge in [0.2, 0.25) is 11.8 Å². The second-order valence-corrected chi connectivity index (χ2v) is 9.25. The van der Waals surface area contributed by atoms with Crippen molar-refractivity contribution in [3.05, 3.63) is 107 Å². The minimum atomic E-state index is -0.558. The summed E-state index contributed by atoms with van der Waals surface area (Å²) in [6, 6.07) is 27.0. The first-order chi connectivity index (χ1) is 16.4. The Morgan fingerprint density at radius 3 is 1.85 bits per heavy atom. The number of carbonyl (C=O) groups excluding carboxylic acids is 2. The quantitative estimate of drug-likeness (QED) is 0.379. The molecule has 1 atom stereocenters. The first-order valence-electron chi connectivity index (χ1n) is 11.8. The molecule has 0 aliphatic rings. The van der Waals surface area contributed by atoms with Crippen molar-refractivity contribution in [2.45, 2.75) is 58.2 Å². The van der Waals surface area contributed by atoms with Crippen molar-refractivity contribution in [3.8, 4) is 0 Å². The van der Waals surface area contributed by atoms with Crippen LogP contribution < -0.4 is 5.32 Å². The molecule has 4 nitrogen and oxygen atoms in total. The molecule has 0 heterocycles. The van der Waals surface area contributed by atoms with Crippen LogP contribution in [0.1, 0.15) is 56.2 Å². The maximum atomic E-state index is 13.9. The van der Waals surface area contributed by atoms with E-state index in [4.69, 9.17) is 11.6 Å². The highest BCUT2D eigenvalue weighted by Gasteiger charge is 2.31. The normalized spacial score (nSPS) is 11.9. The zero-order chi connectivity index (χ0) is 24.5. The fourth-order valence-corrected chi connectivity index (χ4v) is 4.30. The molecule has 0 aliphatic carbocycles. The van der Waals surface area contributed by atoms with Crippen LogP contribution in [0.5, 0.6) is 0 Å². The third-order valence-corrected chi connectivity index (χ3v) is 6.12. The lowest BCUT2D eigenvalue weighted by molar-refractivity contribution is -0.141. The molecule has 0 radical (unpaired) electrons. The van der Waals surface area contributed by atoms with Crippen LogP contribution in [0.15, 0.2) is 84.9 Å². The van der Waals surface area contributed by atoms with Gasteiger partial charge in [0.1, 0.15) is 6.04 Å². The van der Waals surface area contributed by atoms with Gasteiger partial charge in [0.25, 0.3) is 0 Å². The van der Waals surface area contributed by atoms with E-state index in [0.29, 0.717) is 18.0 Å². The molecule has 3 rings (SSSR count). The lowest BCUT2D eigenvalue weighted by Crippen LogP contribution is -2.50.